The Morgan fingerprint density at radius 3 is 2.66 bits per heavy atom. The van der Waals surface area contributed by atoms with E-state index in [1.165, 1.54) is 0 Å². The van der Waals surface area contributed by atoms with Crippen LogP contribution in [0, 0.1) is 5.92 Å². The fourth-order valence-electron chi connectivity index (χ4n) is 4.76. The predicted molar refractivity (Wildman–Crippen MR) is 110 cm³/mol. The maximum Gasteiger partial charge on any atom is 0.231 e. The zero-order chi connectivity index (χ0) is 20.0. The number of Topliss-reactive ketones (excluding diaryl/α,β-unsaturated/α-hetero) is 1. The van der Waals surface area contributed by atoms with Crippen LogP contribution in [0.25, 0.3) is 0 Å². The van der Waals surface area contributed by atoms with E-state index in [0.29, 0.717) is 23.6 Å². The summed E-state index contributed by atoms with van der Waals surface area (Å²) >= 11 is 6.10. The molecule has 5 nitrogen and oxygen atoms in total. The topological polar surface area (TPSA) is 59.0 Å². The normalized spacial score (nSPS) is 23.1. The minimum Gasteiger partial charge on any atom is -0.454 e. The van der Waals surface area contributed by atoms with Crippen LogP contribution >= 0.6 is 11.6 Å². The van der Waals surface area contributed by atoms with Gasteiger partial charge in [0.1, 0.15) is 0 Å². The molecule has 0 radical (unpaired) electrons. The molecule has 3 aliphatic rings. The summed E-state index contributed by atoms with van der Waals surface area (Å²) in [7, 11) is 0. The summed E-state index contributed by atoms with van der Waals surface area (Å²) in [5.74, 6) is 1.59. The number of carbonyl (C=O) groups is 1. The van der Waals surface area contributed by atoms with Crippen LogP contribution in [0.4, 0.5) is 0 Å². The summed E-state index contributed by atoms with van der Waals surface area (Å²) in [5, 5.41) is 11.7. The van der Waals surface area contributed by atoms with Crippen molar-refractivity contribution in [2.75, 3.05) is 26.4 Å². The number of likely N-dealkylation sites (tertiary alicyclic amines) is 1. The number of aliphatic hydroxyl groups is 1. The van der Waals surface area contributed by atoms with Crippen LogP contribution in [0.3, 0.4) is 0 Å². The quantitative estimate of drug-likeness (QED) is 0.829. The van der Waals surface area contributed by atoms with E-state index < -0.39 is 5.60 Å². The standard InChI is InChI=1S/C23H24ClNO4/c24-18-3-1-2-17(11-18)23(27)6-8-25(9-7-23)13-16-5-4-15-10-20-21(29-14-28-20)12-19(15)22(16)26/h1-3,10-12,16,27H,4-9,13-14H2. The number of ether oxygens (including phenoxy) is 2. The highest BCUT2D eigenvalue weighted by Crippen LogP contribution is 2.39. The molecule has 5 rings (SSSR count). The van der Waals surface area contributed by atoms with Crippen LogP contribution in [0.15, 0.2) is 36.4 Å². The molecule has 0 spiro atoms. The number of hydrogen-bond acceptors (Lipinski definition) is 5. The van der Waals surface area contributed by atoms with Crippen LogP contribution in [0.5, 0.6) is 11.5 Å². The van der Waals surface area contributed by atoms with Crippen molar-refractivity contribution in [1.82, 2.24) is 4.90 Å². The van der Waals surface area contributed by atoms with Gasteiger partial charge in [0.05, 0.1) is 5.60 Å². The van der Waals surface area contributed by atoms with Crippen LogP contribution < -0.4 is 9.47 Å². The molecule has 0 bridgehead atoms. The molecule has 6 heteroatoms. The van der Waals surface area contributed by atoms with Gasteiger partial charge in [0.25, 0.3) is 0 Å². The third-order valence-electron chi connectivity index (χ3n) is 6.52. The van der Waals surface area contributed by atoms with E-state index in [4.69, 9.17) is 21.1 Å². The SMILES string of the molecule is O=C1c2cc3c(cc2CCC1CN1CCC(O)(c2cccc(Cl)c2)CC1)OCO3. The predicted octanol–water partition coefficient (Wildman–Crippen LogP) is 3.80. The zero-order valence-corrected chi connectivity index (χ0v) is 17.0. The Labute approximate surface area is 175 Å². The molecule has 1 unspecified atom stereocenters. The molecule has 1 saturated heterocycles. The number of fused-ring (bicyclic) bond motifs is 2. The number of carbonyl (C=O) groups excluding carboxylic acids is 1. The molecule has 0 aromatic heterocycles. The lowest BCUT2D eigenvalue weighted by molar-refractivity contribution is -0.0283. The highest BCUT2D eigenvalue weighted by Gasteiger charge is 2.37. The average Bonchev–Trinajstić information content (AvgIpc) is 3.18. The van der Waals surface area contributed by atoms with E-state index in [1.54, 1.807) is 0 Å². The Hall–Kier alpha value is -2.08. The van der Waals surface area contributed by atoms with Gasteiger partial charge in [-0.1, -0.05) is 23.7 Å². The minimum absolute atomic E-state index is 0.0137. The summed E-state index contributed by atoms with van der Waals surface area (Å²) < 4.78 is 10.9. The summed E-state index contributed by atoms with van der Waals surface area (Å²) in [6.45, 7) is 2.49. The molecular weight excluding hydrogens is 390 g/mol. The molecule has 1 N–H and O–H groups in total. The summed E-state index contributed by atoms with van der Waals surface area (Å²) in [5.41, 5.74) is 1.87. The first-order valence-electron chi connectivity index (χ1n) is 10.2. The number of aryl methyl sites for hydroxylation is 1. The summed E-state index contributed by atoms with van der Waals surface area (Å²) in [6, 6.07) is 11.3. The summed E-state index contributed by atoms with van der Waals surface area (Å²) in [4.78, 5) is 15.4. The molecule has 1 atom stereocenters. The monoisotopic (exact) mass is 413 g/mol. The van der Waals surface area contributed by atoms with Crippen molar-refractivity contribution in [3.63, 3.8) is 0 Å². The van der Waals surface area contributed by atoms with Crippen LogP contribution in [-0.2, 0) is 12.0 Å². The van der Waals surface area contributed by atoms with Crippen LogP contribution in [-0.4, -0.2) is 42.2 Å². The Morgan fingerprint density at radius 1 is 1.14 bits per heavy atom. The van der Waals surface area contributed by atoms with Crippen molar-refractivity contribution in [2.24, 2.45) is 5.92 Å². The minimum atomic E-state index is -0.845. The first-order chi connectivity index (χ1) is 14.0. The molecule has 2 aromatic carbocycles. The maximum atomic E-state index is 13.1. The maximum absolute atomic E-state index is 13.1. The first-order valence-corrected chi connectivity index (χ1v) is 10.6. The second-order valence-electron chi connectivity index (χ2n) is 8.31. The Balaban J connectivity index is 1.25. The van der Waals surface area contributed by atoms with E-state index >= 15 is 0 Å². The second kappa shape index (κ2) is 7.31. The highest BCUT2D eigenvalue weighted by atomic mass is 35.5. The highest BCUT2D eigenvalue weighted by molar-refractivity contribution is 6.30. The van der Waals surface area contributed by atoms with Crippen molar-refractivity contribution in [3.05, 3.63) is 58.1 Å². The zero-order valence-electron chi connectivity index (χ0n) is 16.2. The van der Waals surface area contributed by atoms with Gasteiger partial charge in [0, 0.05) is 36.1 Å². The van der Waals surface area contributed by atoms with E-state index in [0.717, 1.165) is 54.9 Å². The second-order valence-corrected chi connectivity index (χ2v) is 8.74. The number of ketones is 1. The number of halogens is 1. The average molecular weight is 414 g/mol. The van der Waals surface area contributed by atoms with Crippen molar-refractivity contribution in [1.29, 1.82) is 0 Å². The smallest absolute Gasteiger partial charge is 0.231 e. The molecule has 1 fully saturated rings. The van der Waals surface area contributed by atoms with Gasteiger partial charge >= 0.3 is 0 Å². The van der Waals surface area contributed by atoms with Crippen LogP contribution in [0.1, 0.15) is 40.7 Å². The van der Waals surface area contributed by atoms with Crippen molar-refractivity contribution in [2.45, 2.75) is 31.3 Å². The molecule has 2 aromatic rings. The summed E-state index contributed by atoms with van der Waals surface area (Å²) in [6.07, 6.45) is 3.01. The Bertz CT molecular complexity index is 952. The fraction of sp³-hybridized carbons (Fsp3) is 0.435. The van der Waals surface area contributed by atoms with E-state index in [-0.39, 0.29) is 18.5 Å². The first kappa shape index (κ1) is 18.9. The lowest BCUT2D eigenvalue weighted by Crippen LogP contribution is -2.45. The molecule has 1 aliphatic carbocycles. The fourth-order valence-corrected chi connectivity index (χ4v) is 4.95. The van der Waals surface area contributed by atoms with Gasteiger partial charge in [-0.25, -0.2) is 0 Å². The van der Waals surface area contributed by atoms with Crippen molar-refractivity contribution < 1.29 is 19.4 Å². The number of benzene rings is 2. The van der Waals surface area contributed by atoms with Crippen molar-refractivity contribution >= 4 is 17.4 Å². The van der Waals surface area contributed by atoms with Gasteiger partial charge in [-0.2, -0.15) is 0 Å². The van der Waals surface area contributed by atoms with Gasteiger partial charge < -0.3 is 19.5 Å². The van der Waals surface area contributed by atoms with E-state index in [9.17, 15) is 9.90 Å². The van der Waals surface area contributed by atoms with Gasteiger partial charge in [-0.3, -0.25) is 4.79 Å². The van der Waals surface area contributed by atoms with Gasteiger partial charge in [0.15, 0.2) is 17.3 Å². The molecule has 29 heavy (non-hydrogen) atoms. The third kappa shape index (κ3) is 3.52. The number of rotatable bonds is 3. The number of nitrogens with zero attached hydrogens (tertiary/aromatic N) is 1. The number of piperidine rings is 1. The third-order valence-corrected chi connectivity index (χ3v) is 6.76. The van der Waals surface area contributed by atoms with Crippen LogP contribution in [0.2, 0.25) is 5.02 Å². The Kier molecular flexibility index (Phi) is 4.77. The van der Waals surface area contributed by atoms with Gasteiger partial charge in [-0.05, 0) is 61.1 Å². The number of hydrogen-bond donors (Lipinski definition) is 1. The largest absolute Gasteiger partial charge is 0.454 e. The van der Waals surface area contributed by atoms with Gasteiger partial charge in [-0.15, -0.1) is 0 Å². The molecule has 2 heterocycles. The lowest BCUT2D eigenvalue weighted by Gasteiger charge is -2.40. The van der Waals surface area contributed by atoms with Crippen molar-refractivity contribution in [3.8, 4) is 11.5 Å². The lowest BCUT2D eigenvalue weighted by atomic mass is 9.80. The van der Waals surface area contributed by atoms with E-state index in [1.807, 2.05) is 36.4 Å². The van der Waals surface area contributed by atoms with E-state index in [2.05, 4.69) is 4.90 Å². The molecule has 0 amide bonds. The molecular formula is C23H24ClNO4. The molecule has 2 aliphatic heterocycles. The van der Waals surface area contributed by atoms with Gasteiger partial charge in [0.2, 0.25) is 6.79 Å². The molecule has 0 saturated carbocycles. The molecule has 152 valence electrons. The Morgan fingerprint density at radius 2 is 1.90 bits per heavy atom.